The van der Waals surface area contributed by atoms with E-state index in [1.165, 1.54) is 24.0 Å². The molecule has 1 aliphatic rings. The van der Waals surface area contributed by atoms with E-state index in [1.54, 1.807) is 0 Å². The summed E-state index contributed by atoms with van der Waals surface area (Å²) in [7, 11) is 2.10. The molecule has 0 radical (unpaired) electrons. The number of likely N-dealkylation sites (N-methyl/N-ethyl adjacent to an activating group) is 1. The standard InChI is InChI=1S/C14H21NO/c1-10-6-11(2)8-12(7-10)14(16)9-15(3)13-4-5-13/h6-8,13-14,16H,4-5,9H2,1-3H3. The summed E-state index contributed by atoms with van der Waals surface area (Å²) < 4.78 is 0. The van der Waals surface area contributed by atoms with Gasteiger partial charge in [-0.3, -0.25) is 0 Å². The van der Waals surface area contributed by atoms with E-state index in [4.69, 9.17) is 0 Å². The summed E-state index contributed by atoms with van der Waals surface area (Å²) in [6.45, 7) is 4.90. The molecule has 0 amide bonds. The summed E-state index contributed by atoms with van der Waals surface area (Å²) in [6, 6.07) is 7.01. The molecule has 1 N–H and O–H groups in total. The van der Waals surface area contributed by atoms with Gasteiger partial charge in [0.2, 0.25) is 0 Å². The average Bonchev–Trinajstić information content (AvgIpc) is 2.98. The van der Waals surface area contributed by atoms with Gasteiger partial charge in [-0.1, -0.05) is 29.3 Å². The molecule has 0 saturated heterocycles. The van der Waals surface area contributed by atoms with Crippen molar-refractivity contribution in [3.05, 3.63) is 34.9 Å². The van der Waals surface area contributed by atoms with Crippen LogP contribution in [-0.4, -0.2) is 29.6 Å². The molecule has 1 fully saturated rings. The Morgan fingerprint density at radius 2 is 1.81 bits per heavy atom. The van der Waals surface area contributed by atoms with Gasteiger partial charge in [-0.2, -0.15) is 0 Å². The minimum atomic E-state index is -0.357. The minimum absolute atomic E-state index is 0.357. The smallest absolute Gasteiger partial charge is 0.0917 e. The van der Waals surface area contributed by atoms with Crippen molar-refractivity contribution in [3.63, 3.8) is 0 Å². The Morgan fingerprint density at radius 3 is 2.31 bits per heavy atom. The van der Waals surface area contributed by atoms with Gasteiger partial charge in [-0.05, 0) is 39.3 Å². The zero-order chi connectivity index (χ0) is 11.7. The second-order valence-electron chi connectivity index (χ2n) is 5.11. The maximum absolute atomic E-state index is 10.2. The van der Waals surface area contributed by atoms with E-state index in [-0.39, 0.29) is 6.10 Å². The third kappa shape index (κ3) is 2.83. The van der Waals surface area contributed by atoms with Crippen LogP contribution in [0, 0.1) is 13.8 Å². The van der Waals surface area contributed by atoms with E-state index in [9.17, 15) is 5.11 Å². The highest BCUT2D eigenvalue weighted by Crippen LogP contribution is 2.27. The summed E-state index contributed by atoms with van der Waals surface area (Å²) in [4.78, 5) is 2.27. The number of aliphatic hydroxyl groups excluding tert-OH is 1. The van der Waals surface area contributed by atoms with Crippen molar-refractivity contribution < 1.29 is 5.11 Å². The van der Waals surface area contributed by atoms with Gasteiger partial charge in [-0.15, -0.1) is 0 Å². The molecule has 16 heavy (non-hydrogen) atoms. The van der Waals surface area contributed by atoms with Gasteiger partial charge in [0, 0.05) is 12.6 Å². The lowest BCUT2D eigenvalue weighted by molar-refractivity contribution is 0.123. The fraction of sp³-hybridized carbons (Fsp3) is 0.571. The minimum Gasteiger partial charge on any atom is -0.387 e. The summed E-state index contributed by atoms with van der Waals surface area (Å²) in [5, 5.41) is 10.2. The Kier molecular flexibility index (Phi) is 3.31. The molecule has 0 aliphatic heterocycles. The fourth-order valence-electron chi connectivity index (χ4n) is 2.24. The highest BCUT2D eigenvalue weighted by Gasteiger charge is 2.27. The summed E-state index contributed by atoms with van der Waals surface area (Å²) in [5.74, 6) is 0. The van der Waals surface area contributed by atoms with Crippen LogP contribution in [0.25, 0.3) is 0 Å². The van der Waals surface area contributed by atoms with Crippen LogP contribution < -0.4 is 0 Å². The molecule has 0 spiro atoms. The van der Waals surface area contributed by atoms with Crippen molar-refractivity contribution >= 4 is 0 Å². The van der Waals surface area contributed by atoms with Crippen molar-refractivity contribution in [2.75, 3.05) is 13.6 Å². The summed E-state index contributed by atoms with van der Waals surface area (Å²) >= 11 is 0. The Balaban J connectivity index is 2.04. The molecule has 2 nitrogen and oxygen atoms in total. The van der Waals surface area contributed by atoms with Crippen LogP contribution in [0.1, 0.15) is 35.6 Å². The average molecular weight is 219 g/mol. The third-order valence-electron chi connectivity index (χ3n) is 3.26. The van der Waals surface area contributed by atoms with E-state index in [0.717, 1.165) is 12.1 Å². The molecule has 1 aromatic rings. The number of aliphatic hydroxyl groups is 1. The number of benzene rings is 1. The van der Waals surface area contributed by atoms with Crippen molar-refractivity contribution in [1.82, 2.24) is 4.90 Å². The van der Waals surface area contributed by atoms with Crippen LogP contribution in [0.4, 0.5) is 0 Å². The molecular formula is C14H21NO. The lowest BCUT2D eigenvalue weighted by Gasteiger charge is -2.20. The molecule has 1 atom stereocenters. The van der Waals surface area contributed by atoms with Gasteiger partial charge in [0.25, 0.3) is 0 Å². The first-order valence-corrected chi connectivity index (χ1v) is 6.03. The molecule has 2 heteroatoms. The SMILES string of the molecule is Cc1cc(C)cc(C(O)CN(C)C2CC2)c1. The van der Waals surface area contributed by atoms with Crippen molar-refractivity contribution in [3.8, 4) is 0 Å². The van der Waals surface area contributed by atoms with E-state index in [2.05, 4.69) is 44.0 Å². The van der Waals surface area contributed by atoms with Gasteiger partial charge in [0.1, 0.15) is 0 Å². The van der Waals surface area contributed by atoms with Gasteiger partial charge in [-0.25, -0.2) is 0 Å². The zero-order valence-electron chi connectivity index (χ0n) is 10.4. The normalized spacial score (nSPS) is 17.8. The lowest BCUT2D eigenvalue weighted by Crippen LogP contribution is -2.26. The first-order valence-electron chi connectivity index (χ1n) is 6.03. The van der Waals surface area contributed by atoms with Gasteiger partial charge in [0.15, 0.2) is 0 Å². The molecular weight excluding hydrogens is 198 g/mol. The number of hydrogen-bond acceptors (Lipinski definition) is 2. The Morgan fingerprint density at radius 1 is 1.25 bits per heavy atom. The first kappa shape index (κ1) is 11.6. The molecule has 2 rings (SSSR count). The van der Waals surface area contributed by atoms with Crippen LogP contribution in [0.3, 0.4) is 0 Å². The monoisotopic (exact) mass is 219 g/mol. The molecule has 1 saturated carbocycles. The molecule has 0 aromatic heterocycles. The van der Waals surface area contributed by atoms with Crippen LogP contribution >= 0.6 is 0 Å². The molecule has 1 aliphatic carbocycles. The molecule has 0 bridgehead atoms. The topological polar surface area (TPSA) is 23.5 Å². The van der Waals surface area contributed by atoms with Crippen molar-refractivity contribution in [1.29, 1.82) is 0 Å². The Bertz CT molecular complexity index is 351. The molecule has 1 unspecified atom stereocenters. The van der Waals surface area contributed by atoms with E-state index in [0.29, 0.717) is 6.04 Å². The Hall–Kier alpha value is -0.860. The number of nitrogens with zero attached hydrogens (tertiary/aromatic N) is 1. The highest BCUT2D eigenvalue weighted by molar-refractivity contribution is 5.30. The second-order valence-corrected chi connectivity index (χ2v) is 5.11. The maximum Gasteiger partial charge on any atom is 0.0917 e. The van der Waals surface area contributed by atoms with Gasteiger partial charge < -0.3 is 10.0 Å². The predicted octanol–water partition coefficient (Wildman–Crippen LogP) is 2.43. The number of hydrogen-bond donors (Lipinski definition) is 1. The molecule has 88 valence electrons. The zero-order valence-corrected chi connectivity index (χ0v) is 10.4. The third-order valence-corrected chi connectivity index (χ3v) is 3.26. The summed E-state index contributed by atoms with van der Waals surface area (Å²) in [5.41, 5.74) is 3.50. The second kappa shape index (κ2) is 4.56. The van der Waals surface area contributed by atoms with E-state index < -0.39 is 0 Å². The van der Waals surface area contributed by atoms with E-state index >= 15 is 0 Å². The fourth-order valence-corrected chi connectivity index (χ4v) is 2.24. The van der Waals surface area contributed by atoms with Gasteiger partial charge in [0.05, 0.1) is 6.10 Å². The van der Waals surface area contributed by atoms with Crippen LogP contribution in [0.15, 0.2) is 18.2 Å². The largest absolute Gasteiger partial charge is 0.387 e. The van der Waals surface area contributed by atoms with Crippen molar-refractivity contribution in [2.45, 2.75) is 38.8 Å². The van der Waals surface area contributed by atoms with Gasteiger partial charge >= 0.3 is 0 Å². The maximum atomic E-state index is 10.2. The molecule has 0 heterocycles. The summed E-state index contributed by atoms with van der Waals surface area (Å²) in [6.07, 6.45) is 2.22. The number of rotatable bonds is 4. The number of aryl methyl sites for hydroxylation is 2. The quantitative estimate of drug-likeness (QED) is 0.840. The highest BCUT2D eigenvalue weighted by atomic mass is 16.3. The van der Waals surface area contributed by atoms with E-state index in [1.807, 2.05) is 0 Å². The van der Waals surface area contributed by atoms with Crippen molar-refractivity contribution in [2.24, 2.45) is 0 Å². The first-order chi connectivity index (χ1) is 7.56. The van der Waals surface area contributed by atoms with Crippen LogP contribution in [-0.2, 0) is 0 Å². The predicted molar refractivity (Wildman–Crippen MR) is 66.5 cm³/mol. The van der Waals surface area contributed by atoms with Crippen LogP contribution in [0.5, 0.6) is 0 Å². The lowest BCUT2D eigenvalue weighted by atomic mass is 10.0. The Labute approximate surface area is 97.9 Å². The molecule has 1 aromatic carbocycles. The van der Waals surface area contributed by atoms with Crippen LogP contribution in [0.2, 0.25) is 0 Å².